The monoisotopic (exact) mass is 827 g/mol. The zero-order valence-electron chi connectivity index (χ0n) is 35.9. The summed E-state index contributed by atoms with van der Waals surface area (Å²) < 4.78 is 36.4. The molecule has 3 aliphatic heterocycles. The molecular weight excluding hydrogens is 766 g/mol. The van der Waals surface area contributed by atoms with E-state index in [4.69, 9.17) is 38.8 Å². The Kier molecular flexibility index (Phi) is 14.4. The molecule has 6 unspecified atom stereocenters. The van der Waals surface area contributed by atoms with Crippen LogP contribution in [-0.2, 0) is 54.3 Å². The number of rotatable bonds is 10. The van der Waals surface area contributed by atoms with Crippen LogP contribution in [0.25, 0.3) is 11.4 Å². The first-order valence-electron chi connectivity index (χ1n) is 20.3. The Morgan fingerprint density at radius 2 is 1.75 bits per heavy atom. The van der Waals surface area contributed by atoms with Gasteiger partial charge in [-0.3, -0.25) is 24.2 Å². The number of carbonyl (C=O) groups excluding carboxylic acids is 4. The number of nitrogens with zero attached hydrogens (tertiary/aromatic N) is 4. The summed E-state index contributed by atoms with van der Waals surface area (Å²) in [5.74, 6) is -8.61. The zero-order valence-corrected chi connectivity index (χ0v) is 35.9. The van der Waals surface area contributed by atoms with Crippen LogP contribution in [0.1, 0.15) is 80.4 Å². The largest absolute Gasteiger partial charge is 0.458 e. The van der Waals surface area contributed by atoms with Crippen molar-refractivity contribution in [1.29, 1.82) is 0 Å². The third-order valence-corrected chi connectivity index (χ3v) is 12.5. The molecule has 326 valence electrons. The Morgan fingerprint density at radius 1 is 1.03 bits per heavy atom. The van der Waals surface area contributed by atoms with Gasteiger partial charge in [0.1, 0.15) is 35.5 Å². The molecule has 3 N–H and O–H groups in total. The Hall–Kier alpha value is -4.29. The van der Waals surface area contributed by atoms with E-state index < -0.39 is 89.0 Å². The van der Waals surface area contributed by atoms with Crippen LogP contribution in [0, 0.1) is 35.5 Å². The van der Waals surface area contributed by atoms with Crippen LogP contribution in [0.4, 0.5) is 0 Å². The number of ether oxygens (including phenoxy) is 5. The van der Waals surface area contributed by atoms with Gasteiger partial charge in [0.05, 0.1) is 23.5 Å². The minimum atomic E-state index is -1.58. The van der Waals surface area contributed by atoms with Crippen LogP contribution in [0.5, 0.6) is 0 Å². The SMILES string of the molecule is CC[C@H]1OC(=O)[C@H](C)C(=O)[C@H](C)[C@@H](OC2OC(C)CC(N(C)C)C2O)[C@@](C)(OC)C[C@@H](C)C(=O)[C@H](C)C2C(/C(N)=N\OCc3cc(-c4ccccn4)no3)C(=O)O[C@@]21C. The molecule has 59 heavy (non-hydrogen) atoms. The van der Waals surface area contributed by atoms with Crippen molar-refractivity contribution >= 4 is 29.3 Å². The lowest BCUT2D eigenvalue weighted by molar-refractivity contribution is -0.295. The number of aliphatic hydroxyl groups excluding tert-OH is 1. The van der Waals surface area contributed by atoms with Crippen molar-refractivity contribution in [1.82, 2.24) is 15.0 Å². The number of hydrogen-bond donors (Lipinski definition) is 2. The average Bonchev–Trinajstić information content (AvgIpc) is 3.79. The van der Waals surface area contributed by atoms with E-state index in [1.165, 1.54) is 14.0 Å². The molecule has 0 aromatic carbocycles. The summed E-state index contributed by atoms with van der Waals surface area (Å²) in [6, 6.07) is 6.70. The molecule has 5 heterocycles. The summed E-state index contributed by atoms with van der Waals surface area (Å²) in [5, 5.41) is 19.5. The lowest BCUT2D eigenvalue weighted by Crippen LogP contribution is -2.59. The number of aromatic nitrogens is 2. The highest BCUT2D eigenvalue weighted by Crippen LogP contribution is 2.48. The first-order chi connectivity index (χ1) is 27.8. The van der Waals surface area contributed by atoms with Gasteiger partial charge in [-0.25, -0.2) is 0 Å². The normalized spacial score (nSPS) is 37.7. The maximum absolute atomic E-state index is 14.7. The highest BCUT2D eigenvalue weighted by molar-refractivity contribution is 6.03. The van der Waals surface area contributed by atoms with Gasteiger partial charge in [-0.05, 0) is 73.2 Å². The van der Waals surface area contributed by atoms with Crippen molar-refractivity contribution in [2.24, 2.45) is 46.4 Å². The lowest BCUT2D eigenvalue weighted by Gasteiger charge is -2.47. The Balaban J connectivity index is 1.49. The van der Waals surface area contributed by atoms with Gasteiger partial charge in [-0.2, -0.15) is 0 Å². The van der Waals surface area contributed by atoms with Crippen molar-refractivity contribution < 1.29 is 57.3 Å². The molecule has 5 rings (SSSR count). The maximum Gasteiger partial charge on any atom is 0.317 e. The minimum absolute atomic E-state index is 0.0493. The first kappa shape index (κ1) is 45.8. The van der Waals surface area contributed by atoms with Crippen molar-refractivity contribution in [2.45, 2.75) is 129 Å². The lowest BCUT2D eigenvalue weighted by atomic mass is 9.67. The van der Waals surface area contributed by atoms with E-state index in [-0.39, 0.29) is 43.2 Å². The molecule has 0 saturated carbocycles. The summed E-state index contributed by atoms with van der Waals surface area (Å²) >= 11 is 0. The molecule has 0 bridgehead atoms. The number of methoxy groups -OCH3 is 1. The van der Waals surface area contributed by atoms with Crippen LogP contribution in [0.15, 0.2) is 40.1 Å². The number of Topliss-reactive ketones (excluding diaryl/α,β-unsaturated/α-hetero) is 2. The molecule has 3 fully saturated rings. The highest BCUT2D eigenvalue weighted by Gasteiger charge is 2.62. The van der Waals surface area contributed by atoms with Crippen LogP contribution in [0.2, 0.25) is 0 Å². The molecule has 17 heteroatoms. The molecule has 3 aliphatic rings. The summed E-state index contributed by atoms with van der Waals surface area (Å²) in [7, 11) is 5.16. The second-order valence-electron chi connectivity index (χ2n) is 17.0. The van der Waals surface area contributed by atoms with Crippen LogP contribution >= 0.6 is 0 Å². The molecule has 14 atom stereocenters. The standard InChI is InChI=1S/C42H61N5O12/c1-12-30-42(8)32(31(39(52)58-42)37(43)46-54-20-26-18-28(45-59-26)27-15-13-14-16-44-27)23(4)33(48)21(2)19-41(7,53-11)36(24(5)34(49)25(6)38(51)56-30)57-40-35(50)29(47(9)10)17-22(3)55-40/h13-16,18,21-25,29-32,35-36,40,50H,12,17,19-20H2,1-11H3,(H2,43,46)/t21-,22?,23-,24+,25-,29?,30-,31?,32?,35?,36-,40?,41+,42-/m1/s1. The third-order valence-electron chi connectivity index (χ3n) is 12.5. The van der Waals surface area contributed by atoms with Crippen molar-refractivity contribution in [3.05, 3.63) is 36.2 Å². The number of fused-ring (bicyclic) bond motifs is 1. The van der Waals surface area contributed by atoms with Gasteiger partial charge in [-0.1, -0.05) is 44.1 Å². The van der Waals surface area contributed by atoms with Gasteiger partial charge in [0, 0.05) is 49.1 Å². The first-order valence-corrected chi connectivity index (χ1v) is 20.3. The Labute approximate surface area is 345 Å². The van der Waals surface area contributed by atoms with Gasteiger partial charge >= 0.3 is 11.9 Å². The maximum atomic E-state index is 14.7. The molecule has 0 spiro atoms. The summed E-state index contributed by atoms with van der Waals surface area (Å²) in [6.07, 6.45) is -2.34. The van der Waals surface area contributed by atoms with E-state index in [0.29, 0.717) is 23.6 Å². The van der Waals surface area contributed by atoms with E-state index >= 15 is 0 Å². The predicted octanol–water partition coefficient (Wildman–Crippen LogP) is 3.70. The second kappa shape index (κ2) is 18.5. The highest BCUT2D eigenvalue weighted by atomic mass is 16.7. The van der Waals surface area contributed by atoms with Crippen molar-refractivity contribution in [3.63, 3.8) is 0 Å². The number of nitrogens with two attached hydrogens (primary N) is 1. The second-order valence-corrected chi connectivity index (χ2v) is 17.0. The van der Waals surface area contributed by atoms with Crippen LogP contribution < -0.4 is 5.73 Å². The Bertz CT molecular complexity index is 1840. The quantitative estimate of drug-likeness (QED) is 0.115. The number of likely N-dealkylation sites (N-methyl/N-ethyl adjacent to an activating group) is 1. The van der Waals surface area contributed by atoms with E-state index in [0.717, 1.165) is 0 Å². The number of aliphatic hydroxyl groups is 1. The van der Waals surface area contributed by atoms with Crippen LogP contribution in [0.3, 0.4) is 0 Å². The van der Waals surface area contributed by atoms with E-state index in [1.807, 2.05) is 32.0 Å². The minimum Gasteiger partial charge on any atom is -0.458 e. The fourth-order valence-electron chi connectivity index (χ4n) is 9.19. The van der Waals surface area contributed by atoms with Gasteiger partial charge < -0.3 is 48.8 Å². The topological polar surface area (TPSA) is 224 Å². The Morgan fingerprint density at radius 3 is 2.37 bits per heavy atom. The number of hydrogen-bond acceptors (Lipinski definition) is 16. The van der Waals surface area contributed by atoms with E-state index in [9.17, 15) is 24.3 Å². The van der Waals surface area contributed by atoms with E-state index in [2.05, 4.69) is 15.3 Å². The third kappa shape index (κ3) is 9.38. The molecule has 0 radical (unpaired) electrons. The number of ketones is 2. The fourth-order valence-corrected chi connectivity index (χ4v) is 9.19. The van der Waals surface area contributed by atoms with Gasteiger partial charge in [0.15, 0.2) is 35.9 Å². The number of amidine groups is 1. The molecule has 17 nitrogen and oxygen atoms in total. The fraction of sp³-hybridized carbons (Fsp3) is 0.690. The van der Waals surface area contributed by atoms with Crippen molar-refractivity contribution in [3.8, 4) is 11.4 Å². The van der Waals surface area contributed by atoms with Gasteiger partial charge in [0.25, 0.3) is 0 Å². The summed E-state index contributed by atoms with van der Waals surface area (Å²) in [4.78, 5) is 68.6. The summed E-state index contributed by atoms with van der Waals surface area (Å²) in [5.41, 5.74) is 4.69. The molecule has 0 amide bonds. The smallest absolute Gasteiger partial charge is 0.317 e. The number of oxime groups is 1. The number of cyclic esters (lactones) is 1. The van der Waals surface area contributed by atoms with Gasteiger partial charge in [0.2, 0.25) is 0 Å². The van der Waals surface area contributed by atoms with Crippen LogP contribution in [-0.4, -0.2) is 119 Å². The van der Waals surface area contributed by atoms with Gasteiger partial charge in [-0.15, -0.1) is 0 Å². The molecule has 3 saturated heterocycles. The number of carbonyl (C=O) groups is 4. The van der Waals surface area contributed by atoms with Crippen molar-refractivity contribution in [2.75, 3.05) is 21.2 Å². The number of pyridine rings is 1. The number of esters is 2. The molecule has 0 aliphatic carbocycles. The molecular formula is C42H61N5O12. The average molecular weight is 828 g/mol. The zero-order chi connectivity index (χ0) is 43.6. The molecule has 2 aromatic heterocycles. The summed E-state index contributed by atoms with van der Waals surface area (Å²) in [6.45, 7) is 13.3. The molecule has 2 aromatic rings. The van der Waals surface area contributed by atoms with E-state index in [1.54, 1.807) is 65.9 Å². The predicted molar refractivity (Wildman–Crippen MR) is 212 cm³/mol.